The Morgan fingerprint density at radius 2 is 1.00 bits per heavy atom. The van der Waals surface area contributed by atoms with Crippen LogP contribution in [0, 0.1) is 0 Å². The van der Waals surface area contributed by atoms with Crippen molar-refractivity contribution in [3.63, 3.8) is 0 Å². The van der Waals surface area contributed by atoms with Crippen LogP contribution in [-0.2, 0) is 18.9 Å². The molecule has 0 fully saturated rings. The van der Waals surface area contributed by atoms with Crippen LogP contribution in [0.4, 0.5) is 0 Å². The summed E-state index contributed by atoms with van der Waals surface area (Å²) >= 11 is 0. The van der Waals surface area contributed by atoms with Crippen LogP contribution in [0.3, 0.4) is 0 Å². The highest BCUT2D eigenvalue weighted by Gasteiger charge is 2.08. The molecule has 0 aromatic carbocycles. The van der Waals surface area contributed by atoms with E-state index in [4.69, 9.17) is 29.2 Å². The molecule has 134 valence electrons. The lowest BCUT2D eigenvalue weighted by atomic mass is 10.3. The molecule has 2 N–H and O–H groups in total. The molecule has 0 atom stereocenters. The van der Waals surface area contributed by atoms with Crippen molar-refractivity contribution >= 4 is 0 Å². The Labute approximate surface area is 134 Å². The van der Waals surface area contributed by atoms with Crippen LogP contribution in [0.25, 0.3) is 0 Å². The molecule has 0 aromatic heterocycles. The highest BCUT2D eigenvalue weighted by atomic mass is 16.5. The molecule has 0 rings (SSSR count). The fourth-order valence-corrected chi connectivity index (χ4v) is 1.76. The fraction of sp³-hybridized carbons (Fsp3) is 1.00. The maximum atomic E-state index is 8.56. The second-order valence-electron chi connectivity index (χ2n) is 5.03. The van der Waals surface area contributed by atoms with Gasteiger partial charge in [0, 0.05) is 19.1 Å². The average molecular weight is 323 g/mol. The Hall–Kier alpha value is -0.280. The standard InChI is InChI=1S/C15H33NO6/c1-15(2)16(3-7-19-11-13-21-9-5-17)4-8-20-12-14-22-10-6-18/h15,17-18H,3-14H2,1-2H3. The van der Waals surface area contributed by atoms with E-state index < -0.39 is 0 Å². The van der Waals surface area contributed by atoms with Gasteiger partial charge < -0.3 is 29.2 Å². The Morgan fingerprint density at radius 1 is 0.636 bits per heavy atom. The van der Waals surface area contributed by atoms with Crippen LogP contribution >= 0.6 is 0 Å². The van der Waals surface area contributed by atoms with Gasteiger partial charge in [0.1, 0.15) is 0 Å². The topological polar surface area (TPSA) is 80.6 Å². The molecule has 0 aliphatic rings. The minimum absolute atomic E-state index is 0.0478. The number of hydrogen-bond acceptors (Lipinski definition) is 7. The third kappa shape index (κ3) is 14.6. The molecule has 0 saturated heterocycles. The molecule has 0 radical (unpaired) electrons. The minimum atomic E-state index is 0.0478. The van der Waals surface area contributed by atoms with Crippen molar-refractivity contribution in [2.45, 2.75) is 19.9 Å². The molecular weight excluding hydrogens is 290 g/mol. The first-order chi connectivity index (χ1) is 10.7. The summed E-state index contributed by atoms with van der Waals surface area (Å²) < 4.78 is 21.2. The molecule has 7 nitrogen and oxygen atoms in total. The van der Waals surface area contributed by atoms with E-state index >= 15 is 0 Å². The van der Waals surface area contributed by atoms with Crippen molar-refractivity contribution in [1.29, 1.82) is 0 Å². The van der Waals surface area contributed by atoms with E-state index in [1.807, 2.05) is 0 Å². The van der Waals surface area contributed by atoms with Gasteiger partial charge in [-0.2, -0.15) is 0 Å². The molecule has 22 heavy (non-hydrogen) atoms. The van der Waals surface area contributed by atoms with Crippen molar-refractivity contribution in [2.24, 2.45) is 0 Å². The number of aliphatic hydroxyl groups is 2. The van der Waals surface area contributed by atoms with E-state index in [1.165, 1.54) is 0 Å². The lowest BCUT2D eigenvalue weighted by molar-refractivity contribution is 0.0104. The molecule has 0 heterocycles. The van der Waals surface area contributed by atoms with Crippen LogP contribution < -0.4 is 0 Å². The van der Waals surface area contributed by atoms with Gasteiger partial charge in [0.05, 0.1) is 66.1 Å². The summed E-state index contributed by atoms with van der Waals surface area (Å²) in [5, 5.41) is 17.1. The zero-order valence-electron chi connectivity index (χ0n) is 14.0. The molecule has 0 aliphatic heterocycles. The number of hydrogen-bond donors (Lipinski definition) is 2. The van der Waals surface area contributed by atoms with Gasteiger partial charge in [0.25, 0.3) is 0 Å². The first-order valence-corrected chi connectivity index (χ1v) is 7.99. The molecule has 0 amide bonds. The van der Waals surface area contributed by atoms with E-state index in [0.717, 1.165) is 13.1 Å². The molecule has 0 aromatic rings. The molecular formula is C15H33NO6. The maximum absolute atomic E-state index is 8.56. The predicted octanol–water partition coefficient (Wildman–Crippen LogP) is -0.252. The Balaban J connectivity index is 3.49. The third-order valence-electron chi connectivity index (χ3n) is 2.99. The maximum Gasteiger partial charge on any atom is 0.0701 e. The Bertz CT molecular complexity index is 200. The SMILES string of the molecule is CC(C)N(CCOCCOCCO)CCOCCOCCO. The lowest BCUT2D eigenvalue weighted by Crippen LogP contribution is -2.37. The highest BCUT2D eigenvalue weighted by Crippen LogP contribution is 1.98. The molecule has 0 spiro atoms. The largest absolute Gasteiger partial charge is 0.394 e. The van der Waals surface area contributed by atoms with Gasteiger partial charge in [0.15, 0.2) is 0 Å². The molecule has 0 saturated carbocycles. The summed E-state index contributed by atoms with van der Waals surface area (Å²) in [6.45, 7) is 10.2. The quantitative estimate of drug-likeness (QED) is 0.357. The van der Waals surface area contributed by atoms with Crippen molar-refractivity contribution in [1.82, 2.24) is 4.90 Å². The minimum Gasteiger partial charge on any atom is -0.394 e. The van der Waals surface area contributed by atoms with Gasteiger partial charge in [-0.1, -0.05) is 0 Å². The number of nitrogens with zero attached hydrogens (tertiary/aromatic N) is 1. The molecule has 7 heteroatoms. The summed E-state index contributed by atoms with van der Waals surface area (Å²) in [6.07, 6.45) is 0. The molecule has 0 unspecified atom stereocenters. The van der Waals surface area contributed by atoms with Crippen LogP contribution in [0.5, 0.6) is 0 Å². The monoisotopic (exact) mass is 323 g/mol. The number of rotatable bonds is 17. The van der Waals surface area contributed by atoms with Gasteiger partial charge in [-0.3, -0.25) is 4.90 Å². The normalized spacial score (nSPS) is 11.7. The summed E-state index contributed by atoms with van der Waals surface area (Å²) in [5.41, 5.74) is 0. The van der Waals surface area contributed by atoms with Crippen molar-refractivity contribution < 1.29 is 29.2 Å². The number of aliphatic hydroxyl groups excluding tert-OH is 2. The van der Waals surface area contributed by atoms with Crippen molar-refractivity contribution in [3.8, 4) is 0 Å². The second kappa shape index (κ2) is 17.1. The molecule has 0 bridgehead atoms. The zero-order chi connectivity index (χ0) is 16.5. The Morgan fingerprint density at radius 3 is 1.32 bits per heavy atom. The van der Waals surface area contributed by atoms with Crippen LogP contribution in [-0.4, -0.2) is 100 Å². The van der Waals surface area contributed by atoms with E-state index in [0.29, 0.717) is 58.9 Å². The van der Waals surface area contributed by atoms with E-state index in [9.17, 15) is 0 Å². The van der Waals surface area contributed by atoms with Crippen molar-refractivity contribution in [3.05, 3.63) is 0 Å². The summed E-state index contributed by atoms with van der Waals surface area (Å²) in [4.78, 5) is 2.29. The van der Waals surface area contributed by atoms with Gasteiger partial charge in [-0.25, -0.2) is 0 Å². The smallest absolute Gasteiger partial charge is 0.0701 e. The third-order valence-corrected chi connectivity index (χ3v) is 2.99. The van der Waals surface area contributed by atoms with E-state index in [2.05, 4.69) is 18.7 Å². The van der Waals surface area contributed by atoms with Crippen LogP contribution in [0.15, 0.2) is 0 Å². The fourth-order valence-electron chi connectivity index (χ4n) is 1.76. The van der Waals surface area contributed by atoms with Gasteiger partial charge in [-0.15, -0.1) is 0 Å². The Kier molecular flexibility index (Phi) is 16.9. The summed E-state index contributed by atoms with van der Waals surface area (Å²) in [6, 6.07) is 0.434. The van der Waals surface area contributed by atoms with Crippen LogP contribution in [0.1, 0.15) is 13.8 Å². The lowest BCUT2D eigenvalue weighted by Gasteiger charge is -2.26. The number of ether oxygens (including phenoxy) is 4. The van der Waals surface area contributed by atoms with Gasteiger partial charge in [-0.05, 0) is 13.8 Å². The van der Waals surface area contributed by atoms with Crippen molar-refractivity contribution in [2.75, 3.05) is 79.2 Å². The summed E-state index contributed by atoms with van der Waals surface area (Å²) in [7, 11) is 0. The first kappa shape index (κ1) is 21.7. The van der Waals surface area contributed by atoms with E-state index in [1.54, 1.807) is 0 Å². The summed E-state index contributed by atoms with van der Waals surface area (Å²) in [5.74, 6) is 0. The zero-order valence-corrected chi connectivity index (χ0v) is 14.0. The highest BCUT2D eigenvalue weighted by molar-refractivity contribution is 4.62. The first-order valence-electron chi connectivity index (χ1n) is 7.99. The second-order valence-corrected chi connectivity index (χ2v) is 5.03. The average Bonchev–Trinajstić information content (AvgIpc) is 2.50. The van der Waals surface area contributed by atoms with E-state index in [-0.39, 0.29) is 13.2 Å². The van der Waals surface area contributed by atoms with Crippen LogP contribution in [0.2, 0.25) is 0 Å². The predicted molar refractivity (Wildman–Crippen MR) is 84.2 cm³/mol. The van der Waals surface area contributed by atoms with Gasteiger partial charge in [0.2, 0.25) is 0 Å². The molecule has 0 aliphatic carbocycles. The van der Waals surface area contributed by atoms with Gasteiger partial charge >= 0.3 is 0 Å².